The van der Waals surface area contributed by atoms with Gasteiger partial charge < -0.3 is 4.74 Å². The lowest BCUT2D eigenvalue weighted by Gasteiger charge is -2.35. The van der Waals surface area contributed by atoms with Gasteiger partial charge in [0.05, 0.1) is 28.6 Å². The molecule has 5 rings (SSSR count). The molecule has 0 aliphatic heterocycles. The second kappa shape index (κ2) is 5.10. The molecular weight excluding hydrogens is 326 g/mol. The molecule has 5 heteroatoms. The molecule has 0 radical (unpaired) electrons. The molecule has 2 atom stereocenters. The van der Waals surface area contributed by atoms with Crippen LogP contribution in [0.15, 0.2) is 48.8 Å². The van der Waals surface area contributed by atoms with E-state index < -0.39 is 5.41 Å². The van der Waals surface area contributed by atoms with E-state index in [4.69, 9.17) is 14.7 Å². The van der Waals surface area contributed by atoms with Crippen molar-refractivity contribution in [3.63, 3.8) is 0 Å². The maximum absolute atomic E-state index is 13.4. The summed E-state index contributed by atoms with van der Waals surface area (Å²) in [6.45, 7) is 4.28. The van der Waals surface area contributed by atoms with E-state index in [0.29, 0.717) is 5.75 Å². The zero-order valence-electron chi connectivity index (χ0n) is 14.8. The van der Waals surface area contributed by atoms with E-state index in [9.17, 15) is 4.79 Å². The van der Waals surface area contributed by atoms with Gasteiger partial charge >= 0.3 is 5.97 Å². The molecule has 0 saturated heterocycles. The molecule has 2 bridgehead atoms. The van der Waals surface area contributed by atoms with Crippen molar-refractivity contribution >= 4 is 17.0 Å². The van der Waals surface area contributed by atoms with E-state index in [1.807, 2.05) is 24.3 Å². The molecule has 1 saturated carbocycles. The van der Waals surface area contributed by atoms with Crippen LogP contribution in [0, 0.1) is 5.41 Å². The van der Waals surface area contributed by atoms with Crippen molar-refractivity contribution in [1.29, 1.82) is 0 Å². The first kappa shape index (κ1) is 15.4. The third-order valence-electron chi connectivity index (χ3n) is 6.30. The summed E-state index contributed by atoms with van der Waals surface area (Å²) in [5.41, 5.74) is 2.41. The Kier molecular flexibility index (Phi) is 3.03. The predicted molar refractivity (Wildman–Crippen MR) is 96.8 cm³/mol. The first-order chi connectivity index (χ1) is 12.5. The van der Waals surface area contributed by atoms with E-state index in [0.717, 1.165) is 35.3 Å². The van der Waals surface area contributed by atoms with Crippen LogP contribution in [0.4, 0.5) is 0 Å². The molecule has 2 aliphatic carbocycles. The smallest absolute Gasteiger partial charge is 0.324 e. The molecule has 2 unspecified atom stereocenters. The molecule has 3 aromatic rings. The minimum atomic E-state index is -0.764. The fraction of sp³-hybridized carbons (Fsp3) is 0.333. The van der Waals surface area contributed by atoms with Crippen molar-refractivity contribution in [2.24, 2.45) is 5.41 Å². The first-order valence-electron chi connectivity index (χ1n) is 8.93. The van der Waals surface area contributed by atoms with Crippen LogP contribution in [0.25, 0.3) is 11.0 Å². The number of rotatable bonds is 2. The van der Waals surface area contributed by atoms with Crippen LogP contribution in [0.2, 0.25) is 0 Å². The van der Waals surface area contributed by atoms with Crippen molar-refractivity contribution in [1.82, 2.24) is 15.0 Å². The average molecular weight is 345 g/mol. The lowest BCUT2D eigenvalue weighted by atomic mass is 9.68. The topological polar surface area (TPSA) is 65.0 Å². The largest absolute Gasteiger partial charge is 0.424 e. The number of hydrogen-bond donors (Lipinski definition) is 0. The molecule has 0 amide bonds. The minimum absolute atomic E-state index is 0.219. The lowest BCUT2D eigenvalue weighted by molar-refractivity contribution is -0.144. The van der Waals surface area contributed by atoms with E-state index in [-0.39, 0.29) is 17.3 Å². The van der Waals surface area contributed by atoms with Gasteiger partial charge in [-0.2, -0.15) is 0 Å². The van der Waals surface area contributed by atoms with E-state index >= 15 is 0 Å². The molecule has 1 aromatic carbocycles. The van der Waals surface area contributed by atoms with Gasteiger partial charge in [-0.3, -0.25) is 9.78 Å². The molecule has 130 valence electrons. The van der Waals surface area contributed by atoms with Gasteiger partial charge in [-0.15, -0.1) is 0 Å². The maximum atomic E-state index is 13.4. The summed E-state index contributed by atoms with van der Waals surface area (Å²) in [7, 11) is 0. The number of pyridine rings is 1. The van der Waals surface area contributed by atoms with Gasteiger partial charge in [0.25, 0.3) is 0 Å². The molecule has 2 heterocycles. The van der Waals surface area contributed by atoms with Gasteiger partial charge in [0.1, 0.15) is 11.2 Å². The fourth-order valence-electron chi connectivity index (χ4n) is 4.88. The maximum Gasteiger partial charge on any atom is 0.324 e. The van der Waals surface area contributed by atoms with Crippen LogP contribution < -0.4 is 4.74 Å². The molecule has 2 aromatic heterocycles. The van der Waals surface area contributed by atoms with E-state index in [1.165, 1.54) is 0 Å². The number of para-hydroxylation sites is 2. The van der Waals surface area contributed by atoms with Crippen molar-refractivity contribution in [2.45, 2.75) is 38.0 Å². The van der Waals surface area contributed by atoms with Crippen molar-refractivity contribution in [3.05, 3.63) is 60.2 Å². The van der Waals surface area contributed by atoms with Crippen molar-refractivity contribution in [3.8, 4) is 5.75 Å². The zero-order valence-corrected chi connectivity index (χ0v) is 14.8. The molecule has 1 fully saturated rings. The average Bonchev–Trinajstić information content (AvgIpc) is 3.02. The summed E-state index contributed by atoms with van der Waals surface area (Å²) < 4.78 is 5.75. The first-order valence-corrected chi connectivity index (χ1v) is 8.93. The Morgan fingerprint density at radius 1 is 1.12 bits per heavy atom. The molecule has 26 heavy (non-hydrogen) atoms. The number of benzene rings is 1. The Balaban J connectivity index is 1.68. The van der Waals surface area contributed by atoms with Crippen molar-refractivity contribution in [2.75, 3.05) is 0 Å². The van der Waals surface area contributed by atoms with Crippen LogP contribution in [0.1, 0.15) is 44.0 Å². The highest BCUT2D eigenvalue weighted by atomic mass is 16.5. The molecule has 0 spiro atoms. The van der Waals surface area contributed by atoms with Crippen LogP contribution in [0.5, 0.6) is 5.75 Å². The van der Waals surface area contributed by atoms with Gasteiger partial charge in [-0.05, 0) is 42.5 Å². The van der Waals surface area contributed by atoms with E-state index in [1.54, 1.807) is 24.5 Å². The van der Waals surface area contributed by atoms with Gasteiger partial charge in [0.2, 0.25) is 0 Å². The molecule has 2 aliphatic rings. The number of carbonyl (C=O) groups is 1. The summed E-state index contributed by atoms with van der Waals surface area (Å²) >= 11 is 0. The number of nitrogens with zero attached hydrogens (tertiary/aromatic N) is 3. The minimum Gasteiger partial charge on any atom is -0.424 e. The van der Waals surface area contributed by atoms with Crippen LogP contribution in [-0.4, -0.2) is 20.9 Å². The highest BCUT2D eigenvalue weighted by Gasteiger charge is 2.68. The second-order valence-corrected chi connectivity index (χ2v) is 7.74. The molecule has 5 nitrogen and oxygen atoms in total. The SMILES string of the molecule is CC1(C)C2CCC1(C(=O)Oc1cccnc1)c1nc3ccccc3nc12. The highest BCUT2D eigenvalue weighted by Crippen LogP contribution is 2.67. The lowest BCUT2D eigenvalue weighted by Crippen LogP contribution is -2.45. The number of ether oxygens (including phenoxy) is 1. The van der Waals surface area contributed by atoms with Gasteiger partial charge in [0, 0.05) is 12.1 Å². The third-order valence-corrected chi connectivity index (χ3v) is 6.30. The number of carbonyl (C=O) groups excluding carboxylic acids is 1. The quantitative estimate of drug-likeness (QED) is 0.661. The molecule has 0 N–H and O–H groups in total. The molecular formula is C21H19N3O2. The number of aromatic nitrogens is 3. The Labute approximate surface area is 151 Å². The number of esters is 1. The van der Waals surface area contributed by atoms with Crippen LogP contribution in [0.3, 0.4) is 0 Å². The predicted octanol–water partition coefficient (Wildman–Crippen LogP) is 3.79. The second-order valence-electron chi connectivity index (χ2n) is 7.74. The Morgan fingerprint density at radius 3 is 2.62 bits per heavy atom. The zero-order chi connectivity index (χ0) is 17.9. The van der Waals surface area contributed by atoms with Crippen LogP contribution in [-0.2, 0) is 10.2 Å². The normalized spacial score (nSPS) is 25.2. The summed E-state index contributed by atoms with van der Waals surface area (Å²) in [4.78, 5) is 27.2. The third kappa shape index (κ3) is 1.80. The summed E-state index contributed by atoms with van der Waals surface area (Å²) in [6.07, 6.45) is 4.89. The van der Waals surface area contributed by atoms with Gasteiger partial charge in [0.15, 0.2) is 0 Å². The summed E-state index contributed by atoms with van der Waals surface area (Å²) in [5.74, 6) is 0.436. The monoisotopic (exact) mass is 345 g/mol. The summed E-state index contributed by atoms with van der Waals surface area (Å²) in [6, 6.07) is 11.3. The standard InChI is InChI=1S/C21H19N3O2/c1-20(2)14-9-10-21(20,19(25)26-13-6-5-11-22-12-13)18-17(14)23-15-7-3-4-8-16(15)24-18/h3-8,11-12,14H,9-10H2,1-2H3. The Bertz CT molecular complexity index is 1030. The van der Waals surface area contributed by atoms with Crippen LogP contribution >= 0.6 is 0 Å². The summed E-state index contributed by atoms with van der Waals surface area (Å²) in [5, 5.41) is 0. The Hall–Kier alpha value is -2.82. The van der Waals surface area contributed by atoms with E-state index in [2.05, 4.69) is 18.8 Å². The Morgan fingerprint density at radius 2 is 1.88 bits per heavy atom. The highest BCUT2D eigenvalue weighted by molar-refractivity contribution is 5.89. The van der Waals surface area contributed by atoms with Crippen molar-refractivity contribution < 1.29 is 9.53 Å². The number of fused-ring (bicyclic) bond motifs is 6. The van der Waals surface area contributed by atoms with Gasteiger partial charge in [-0.25, -0.2) is 9.97 Å². The fourth-order valence-corrected chi connectivity index (χ4v) is 4.88. The number of hydrogen-bond acceptors (Lipinski definition) is 5. The van der Waals surface area contributed by atoms with Gasteiger partial charge in [-0.1, -0.05) is 26.0 Å².